The number of aliphatic imine (C=N–C) groups is 1. The van der Waals surface area contributed by atoms with E-state index in [0.29, 0.717) is 17.4 Å². The highest BCUT2D eigenvalue weighted by Crippen LogP contribution is 2.34. The molecule has 0 bridgehead atoms. The van der Waals surface area contributed by atoms with Gasteiger partial charge in [0.15, 0.2) is 5.17 Å². The molecule has 1 aliphatic heterocycles. The topological polar surface area (TPSA) is 127 Å². The Morgan fingerprint density at radius 2 is 1.89 bits per heavy atom. The van der Waals surface area contributed by atoms with Crippen LogP contribution in [-0.2, 0) is 11.3 Å². The van der Waals surface area contributed by atoms with Crippen LogP contribution < -0.4 is 25.6 Å². The van der Waals surface area contributed by atoms with E-state index in [1.165, 1.54) is 51.9 Å². The van der Waals surface area contributed by atoms with E-state index in [1.54, 1.807) is 18.3 Å². The lowest BCUT2D eigenvalue weighted by molar-refractivity contribution is -0.274. The SMILES string of the molecule is Cc1ccc(P(C)C)c(N2C(=O)CS/C2=N\C(=O)Nc2ccc(CNc3ncn(-c4ccc(OC(F)(F)F)cc4)n3)cn2)c1. The van der Waals surface area contributed by atoms with Crippen LogP contribution in [0.5, 0.6) is 5.75 Å². The minimum Gasteiger partial charge on any atom is -0.406 e. The number of urea groups is 1. The van der Waals surface area contributed by atoms with Gasteiger partial charge in [0.2, 0.25) is 11.9 Å². The van der Waals surface area contributed by atoms with E-state index in [-0.39, 0.29) is 29.2 Å². The number of amides is 3. The number of nitrogens with one attached hydrogen (secondary N) is 2. The maximum absolute atomic E-state index is 12.8. The van der Waals surface area contributed by atoms with Crippen molar-refractivity contribution < 1.29 is 27.5 Å². The van der Waals surface area contributed by atoms with Gasteiger partial charge in [-0.25, -0.2) is 19.4 Å². The Hall–Kier alpha value is -4.49. The smallest absolute Gasteiger partial charge is 0.406 e. The summed E-state index contributed by atoms with van der Waals surface area (Å²) in [6.07, 6.45) is -1.78. The molecule has 0 radical (unpaired) electrons. The van der Waals surface area contributed by atoms with Gasteiger partial charge in [0.25, 0.3) is 0 Å². The fraction of sp³-hybridized carbons (Fsp3) is 0.214. The lowest BCUT2D eigenvalue weighted by Crippen LogP contribution is -2.33. The van der Waals surface area contributed by atoms with Gasteiger partial charge in [-0.2, -0.15) is 4.99 Å². The van der Waals surface area contributed by atoms with Crippen LogP contribution in [0.4, 0.5) is 35.4 Å². The quantitative estimate of drug-likeness (QED) is 0.241. The van der Waals surface area contributed by atoms with E-state index >= 15 is 0 Å². The Kier molecular flexibility index (Phi) is 9.16. The number of anilines is 3. The Morgan fingerprint density at radius 1 is 1.11 bits per heavy atom. The van der Waals surface area contributed by atoms with E-state index in [4.69, 9.17) is 0 Å². The number of halogens is 3. The first-order valence-corrected chi connectivity index (χ1v) is 16.3. The molecule has 2 aromatic carbocycles. The van der Waals surface area contributed by atoms with Gasteiger partial charge in [-0.3, -0.25) is 15.0 Å². The zero-order valence-corrected chi connectivity index (χ0v) is 25.4. The van der Waals surface area contributed by atoms with Crippen molar-refractivity contribution in [3.8, 4) is 11.4 Å². The first-order valence-electron chi connectivity index (χ1n) is 13.1. The fourth-order valence-electron chi connectivity index (χ4n) is 4.15. The third-order valence-electron chi connectivity index (χ3n) is 6.15. The summed E-state index contributed by atoms with van der Waals surface area (Å²) in [5.41, 5.74) is 3.02. The zero-order chi connectivity index (χ0) is 31.4. The number of alkyl halides is 3. The zero-order valence-electron chi connectivity index (χ0n) is 23.7. The third-order valence-corrected chi connectivity index (χ3v) is 8.42. The van der Waals surface area contributed by atoms with Gasteiger partial charge in [-0.15, -0.1) is 18.3 Å². The number of hydrogen-bond donors (Lipinski definition) is 2. The van der Waals surface area contributed by atoms with Crippen molar-refractivity contribution in [3.63, 3.8) is 0 Å². The van der Waals surface area contributed by atoms with Crippen molar-refractivity contribution >= 4 is 59.5 Å². The fourth-order valence-corrected chi connectivity index (χ4v) is 6.00. The molecular weight excluding hydrogens is 616 g/mol. The molecule has 3 heterocycles. The summed E-state index contributed by atoms with van der Waals surface area (Å²) in [6, 6.07) is 13.9. The number of pyridine rings is 1. The van der Waals surface area contributed by atoms with Crippen LogP contribution in [0.3, 0.4) is 0 Å². The molecule has 5 rings (SSSR count). The molecule has 0 unspecified atom stereocenters. The number of amidine groups is 1. The van der Waals surface area contributed by atoms with Crippen LogP contribution in [0.25, 0.3) is 5.69 Å². The molecule has 0 saturated carbocycles. The third kappa shape index (κ3) is 7.71. The van der Waals surface area contributed by atoms with E-state index in [9.17, 15) is 22.8 Å². The Morgan fingerprint density at radius 3 is 2.57 bits per heavy atom. The molecule has 16 heteroatoms. The van der Waals surface area contributed by atoms with Crippen molar-refractivity contribution in [1.29, 1.82) is 0 Å². The molecule has 1 aliphatic rings. The molecule has 0 aliphatic carbocycles. The second-order valence-corrected chi connectivity index (χ2v) is 12.9. The number of thioether (sulfide) groups is 1. The molecular formula is C28H26F3N8O3PS. The van der Waals surface area contributed by atoms with Crippen molar-refractivity contribution in [2.45, 2.75) is 19.8 Å². The minimum atomic E-state index is -4.77. The first-order chi connectivity index (χ1) is 20.9. The minimum absolute atomic E-state index is 0.131. The molecule has 3 amide bonds. The monoisotopic (exact) mass is 642 g/mol. The van der Waals surface area contributed by atoms with Gasteiger partial charge in [0.05, 0.1) is 17.1 Å². The molecule has 1 fully saturated rings. The van der Waals surface area contributed by atoms with Crippen LogP contribution >= 0.6 is 19.7 Å². The summed E-state index contributed by atoms with van der Waals surface area (Å²) >= 11 is 1.21. The normalized spacial score (nSPS) is 14.4. The molecule has 44 heavy (non-hydrogen) atoms. The van der Waals surface area contributed by atoms with Gasteiger partial charge in [0.1, 0.15) is 17.9 Å². The Labute approximate surface area is 255 Å². The van der Waals surface area contributed by atoms with Gasteiger partial charge >= 0.3 is 12.4 Å². The van der Waals surface area contributed by atoms with Gasteiger partial charge in [0, 0.05) is 12.7 Å². The van der Waals surface area contributed by atoms with Crippen molar-refractivity contribution in [2.24, 2.45) is 4.99 Å². The molecule has 4 aromatic rings. The van der Waals surface area contributed by atoms with Crippen molar-refractivity contribution in [3.05, 3.63) is 78.2 Å². The average Bonchev–Trinajstić information content (AvgIpc) is 3.58. The Balaban J connectivity index is 1.18. The van der Waals surface area contributed by atoms with Crippen LogP contribution in [-0.4, -0.2) is 62.3 Å². The van der Waals surface area contributed by atoms with E-state index in [2.05, 4.69) is 48.8 Å². The highest BCUT2D eigenvalue weighted by molar-refractivity contribution is 8.15. The maximum atomic E-state index is 12.8. The molecule has 0 spiro atoms. The largest absolute Gasteiger partial charge is 0.573 e. The lowest BCUT2D eigenvalue weighted by Gasteiger charge is -2.22. The highest BCUT2D eigenvalue weighted by Gasteiger charge is 2.33. The molecule has 2 N–H and O–H groups in total. The first kappa shape index (κ1) is 31.0. The van der Waals surface area contributed by atoms with E-state index in [1.807, 2.05) is 25.1 Å². The summed E-state index contributed by atoms with van der Waals surface area (Å²) in [5, 5.41) is 11.3. The number of ether oxygens (including phenoxy) is 1. The average molecular weight is 643 g/mol. The van der Waals surface area contributed by atoms with Gasteiger partial charge < -0.3 is 10.1 Å². The number of rotatable bonds is 8. The number of carbonyl (C=O) groups is 2. The molecule has 1 saturated heterocycles. The number of nitrogens with zero attached hydrogens (tertiary/aromatic N) is 6. The van der Waals surface area contributed by atoms with Crippen LogP contribution in [0.2, 0.25) is 0 Å². The standard InChI is InChI=1S/C28H26F3N8O3PS/c1-17-4-10-22(43(2)3)21(12-17)39-24(40)15-44-27(39)36-26(41)35-23-11-5-18(13-32-23)14-33-25-34-16-38(37-25)19-6-8-20(9-7-19)42-28(29,30)31/h4-13,16H,14-15H2,1-3H3,(H,33,37)(H,32,35,41)/b36-27-. The van der Waals surface area contributed by atoms with Crippen LogP contribution in [0, 0.1) is 6.92 Å². The van der Waals surface area contributed by atoms with Gasteiger partial charge in [-0.05, 0) is 73.1 Å². The second-order valence-electron chi connectivity index (χ2n) is 9.69. The number of aromatic nitrogens is 4. The summed E-state index contributed by atoms with van der Waals surface area (Å²) in [6.45, 7) is 6.49. The molecule has 2 aromatic heterocycles. The summed E-state index contributed by atoms with van der Waals surface area (Å²) in [4.78, 5) is 39.6. The summed E-state index contributed by atoms with van der Waals surface area (Å²) in [5.74, 6) is 0.301. The van der Waals surface area contributed by atoms with Crippen molar-refractivity contribution in [1.82, 2.24) is 19.7 Å². The van der Waals surface area contributed by atoms with Gasteiger partial charge in [-0.1, -0.05) is 37.9 Å². The summed E-state index contributed by atoms with van der Waals surface area (Å²) in [7, 11) is -0.498. The number of benzene rings is 2. The predicted octanol–water partition coefficient (Wildman–Crippen LogP) is 5.52. The molecule has 0 atom stereocenters. The van der Waals surface area contributed by atoms with Crippen LogP contribution in [0.1, 0.15) is 11.1 Å². The maximum Gasteiger partial charge on any atom is 0.573 e. The van der Waals surface area contributed by atoms with E-state index in [0.717, 1.165) is 22.1 Å². The molecule has 228 valence electrons. The number of carbonyl (C=O) groups excluding carboxylic acids is 2. The molecule has 11 nitrogen and oxygen atoms in total. The van der Waals surface area contributed by atoms with Crippen molar-refractivity contribution in [2.75, 3.05) is 34.6 Å². The Bertz CT molecular complexity index is 1700. The second kappa shape index (κ2) is 13.0. The van der Waals surface area contributed by atoms with Crippen LogP contribution in [0.15, 0.2) is 72.1 Å². The lowest BCUT2D eigenvalue weighted by atomic mass is 10.2. The number of aryl methyl sites for hydroxylation is 1. The predicted molar refractivity (Wildman–Crippen MR) is 166 cm³/mol. The number of hydrogen-bond acceptors (Lipinski definition) is 8. The summed E-state index contributed by atoms with van der Waals surface area (Å²) < 4.78 is 42.4. The van der Waals surface area contributed by atoms with E-state index < -0.39 is 20.3 Å². The highest BCUT2D eigenvalue weighted by atomic mass is 32.2.